The molecule has 2 N–H and O–H groups in total. The van der Waals surface area contributed by atoms with Crippen LogP contribution in [0.3, 0.4) is 0 Å². The van der Waals surface area contributed by atoms with Gasteiger partial charge in [-0.05, 0) is 50.1 Å². The number of amides is 1. The van der Waals surface area contributed by atoms with Crippen molar-refractivity contribution in [3.05, 3.63) is 65.9 Å². The maximum atomic E-state index is 12.8. The van der Waals surface area contributed by atoms with Crippen LogP contribution in [0, 0.1) is 0 Å². The molecule has 3 rings (SSSR count). The second-order valence-corrected chi connectivity index (χ2v) is 7.48. The van der Waals surface area contributed by atoms with E-state index in [4.69, 9.17) is 0 Å². The summed E-state index contributed by atoms with van der Waals surface area (Å²) < 4.78 is 0. The van der Waals surface area contributed by atoms with Crippen LogP contribution in [0.4, 0.5) is 11.4 Å². The molecular weight excluding hydrogens is 362 g/mol. The Kier molecular flexibility index (Phi) is 6.60. The Morgan fingerprint density at radius 1 is 1.07 bits per heavy atom. The SMILES string of the molecule is CCCC(=O)Cc1ccc2ncc(C(=O)NC(C)C)c(Nc3ccccc3)c2c1. The first-order valence-corrected chi connectivity index (χ1v) is 10.0. The van der Waals surface area contributed by atoms with E-state index in [0.29, 0.717) is 24.1 Å². The van der Waals surface area contributed by atoms with Crippen molar-refractivity contribution in [2.75, 3.05) is 5.32 Å². The molecule has 0 fully saturated rings. The van der Waals surface area contributed by atoms with Crippen LogP contribution in [-0.2, 0) is 11.2 Å². The highest BCUT2D eigenvalue weighted by molar-refractivity contribution is 6.08. The van der Waals surface area contributed by atoms with Crippen molar-refractivity contribution in [3.63, 3.8) is 0 Å². The zero-order valence-electron chi connectivity index (χ0n) is 17.2. The van der Waals surface area contributed by atoms with Crippen molar-refractivity contribution >= 4 is 34.0 Å². The highest BCUT2D eigenvalue weighted by Gasteiger charge is 2.17. The lowest BCUT2D eigenvalue weighted by atomic mass is 10.0. The van der Waals surface area contributed by atoms with Gasteiger partial charge in [-0.1, -0.05) is 31.2 Å². The second kappa shape index (κ2) is 9.32. The Morgan fingerprint density at radius 3 is 2.52 bits per heavy atom. The first-order chi connectivity index (χ1) is 14.0. The fourth-order valence-electron chi connectivity index (χ4n) is 3.26. The van der Waals surface area contributed by atoms with Crippen molar-refractivity contribution in [1.82, 2.24) is 10.3 Å². The third kappa shape index (κ3) is 5.19. The third-order valence-corrected chi connectivity index (χ3v) is 4.57. The van der Waals surface area contributed by atoms with E-state index in [1.165, 1.54) is 0 Å². The Hall–Kier alpha value is -3.21. The molecule has 0 radical (unpaired) electrons. The van der Waals surface area contributed by atoms with Gasteiger partial charge >= 0.3 is 0 Å². The summed E-state index contributed by atoms with van der Waals surface area (Å²) in [5.41, 5.74) is 3.76. The lowest BCUT2D eigenvalue weighted by Crippen LogP contribution is -2.30. The first-order valence-electron chi connectivity index (χ1n) is 10.0. The van der Waals surface area contributed by atoms with Gasteiger partial charge in [0.15, 0.2) is 0 Å². The van der Waals surface area contributed by atoms with Gasteiger partial charge in [0.1, 0.15) is 5.78 Å². The summed E-state index contributed by atoms with van der Waals surface area (Å²) in [6, 6.07) is 15.5. The number of nitrogens with zero attached hydrogens (tertiary/aromatic N) is 1. The standard InChI is InChI=1S/C24H27N3O2/c1-4-8-19(28)13-17-11-12-22-20(14-17)23(27-18-9-6-5-7-10-18)21(15-25-22)24(29)26-16(2)3/h5-7,9-12,14-16H,4,8,13H2,1-3H3,(H,25,27)(H,26,29). The van der Waals surface area contributed by atoms with Gasteiger partial charge in [0.05, 0.1) is 16.8 Å². The highest BCUT2D eigenvalue weighted by atomic mass is 16.1. The van der Waals surface area contributed by atoms with Crippen molar-refractivity contribution in [3.8, 4) is 0 Å². The van der Waals surface area contributed by atoms with Gasteiger partial charge in [-0.3, -0.25) is 14.6 Å². The topological polar surface area (TPSA) is 71.1 Å². The molecule has 1 aromatic heterocycles. The number of para-hydroxylation sites is 1. The van der Waals surface area contributed by atoms with Crippen LogP contribution in [0.2, 0.25) is 0 Å². The number of benzene rings is 2. The number of Topliss-reactive ketones (excluding diaryl/α,β-unsaturated/α-hetero) is 1. The van der Waals surface area contributed by atoms with E-state index in [0.717, 1.165) is 28.6 Å². The van der Waals surface area contributed by atoms with E-state index >= 15 is 0 Å². The van der Waals surface area contributed by atoms with Crippen molar-refractivity contribution in [1.29, 1.82) is 0 Å². The minimum atomic E-state index is -0.180. The third-order valence-electron chi connectivity index (χ3n) is 4.57. The summed E-state index contributed by atoms with van der Waals surface area (Å²) in [5, 5.41) is 7.16. The zero-order chi connectivity index (χ0) is 20.8. The lowest BCUT2D eigenvalue weighted by Gasteiger charge is -2.16. The molecule has 0 saturated carbocycles. The number of nitrogens with one attached hydrogen (secondary N) is 2. The molecule has 1 heterocycles. The van der Waals surface area contributed by atoms with E-state index in [1.807, 2.05) is 69.3 Å². The number of hydrogen-bond acceptors (Lipinski definition) is 4. The van der Waals surface area contributed by atoms with E-state index < -0.39 is 0 Å². The molecule has 0 unspecified atom stereocenters. The van der Waals surface area contributed by atoms with Gasteiger partial charge in [-0.15, -0.1) is 0 Å². The van der Waals surface area contributed by atoms with Crippen LogP contribution in [-0.4, -0.2) is 22.7 Å². The van der Waals surface area contributed by atoms with Gasteiger partial charge in [-0.25, -0.2) is 0 Å². The monoisotopic (exact) mass is 389 g/mol. The van der Waals surface area contributed by atoms with E-state index in [9.17, 15) is 9.59 Å². The Balaban J connectivity index is 2.09. The van der Waals surface area contributed by atoms with Crippen LogP contribution >= 0.6 is 0 Å². The van der Waals surface area contributed by atoms with E-state index in [-0.39, 0.29) is 17.7 Å². The normalized spacial score (nSPS) is 10.9. The lowest BCUT2D eigenvalue weighted by molar-refractivity contribution is -0.118. The molecule has 5 heteroatoms. The molecule has 0 bridgehead atoms. The van der Waals surface area contributed by atoms with Crippen LogP contribution in [0.1, 0.15) is 49.5 Å². The molecule has 0 spiro atoms. The summed E-state index contributed by atoms with van der Waals surface area (Å²) in [6.07, 6.45) is 3.40. The van der Waals surface area contributed by atoms with Gasteiger partial charge < -0.3 is 10.6 Å². The Morgan fingerprint density at radius 2 is 1.83 bits per heavy atom. The first kappa shape index (κ1) is 20.5. The molecule has 0 atom stereocenters. The van der Waals surface area contributed by atoms with Crippen molar-refractivity contribution < 1.29 is 9.59 Å². The fraction of sp³-hybridized carbons (Fsp3) is 0.292. The van der Waals surface area contributed by atoms with E-state index in [1.54, 1.807) is 6.20 Å². The van der Waals surface area contributed by atoms with Crippen LogP contribution in [0.25, 0.3) is 10.9 Å². The molecular formula is C24H27N3O2. The molecule has 29 heavy (non-hydrogen) atoms. The molecule has 5 nitrogen and oxygen atoms in total. The van der Waals surface area contributed by atoms with Crippen LogP contribution < -0.4 is 10.6 Å². The Bertz CT molecular complexity index is 1010. The summed E-state index contributed by atoms with van der Waals surface area (Å²) in [5.74, 6) is 0.0337. The molecule has 0 aliphatic rings. The minimum absolute atomic E-state index is 0.0146. The van der Waals surface area contributed by atoms with Gasteiger partial charge in [0, 0.05) is 36.2 Å². The Labute approximate surface area is 171 Å². The number of fused-ring (bicyclic) bond motifs is 1. The quantitative estimate of drug-likeness (QED) is 0.567. The molecule has 0 aliphatic carbocycles. The number of ketones is 1. The smallest absolute Gasteiger partial charge is 0.255 e. The maximum Gasteiger partial charge on any atom is 0.255 e. The number of hydrogen-bond donors (Lipinski definition) is 2. The van der Waals surface area contributed by atoms with Crippen molar-refractivity contribution in [2.45, 2.75) is 46.1 Å². The fourth-order valence-corrected chi connectivity index (χ4v) is 3.26. The predicted molar refractivity (Wildman–Crippen MR) is 118 cm³/mol. The van der Waals surface area contributed by atoms with Crippen LogP contribution in [0.5, 0.6) is 0 Å². The van der Waals surface area contributed by atoms with Gasteiger partial charge in [0.2, 0.25) is 0 Å². The number of carbonyl (C=O) groups is 2. The number of anilines is 2. The summed E-state index contributed by atoms with van der Waals surface area (Å²) in [4.78, 5) is 29.4. The average molecular weight is 389 g/mol. The van der Waals surface area contributed by atoms with E-state index in [2.05, 4.69) is 15.6 Å². The number of carbonyl (C=O) groups excluding carboxylic acids is 2. The summed E-state index contributed by atoms with van der Waals surface area (Å²) >= 11 is 0. The predicted octanol–water partition coefficient (Wildman–Crippen LogP) is 5.03. The molecule has 0 saturated heterocycles. The van der Waals surface area contributed by atoms with Gasteiger partial charge in [0.25, 0.3) is 5.91 Å². The summed E-state index contributed by atoms with van der Waals surface area (Å²) in [7, 11) is 0. The molecule has 0 aliphatic heterocycles. The highest BCUT2D eigenvalue weighted by Crippen LogP contribution is 2.30. The molecule has 2 aromatic carbocycles. The number of aromatic nitrogens is 1. The van der Waals surface area contributed by atoms with Gasteiger partial charge in [-0.2, -0.15) is 0 Å². The molecule has 3 aromatic rings. The minimum Gasteiger partial charge on any atom is -0.354 e. The average Bonchev–Trinajstić information content (AvgIpc) is 2.68. The van der Waals surface area contributed by atoms with Crippen molar-refractivity contribution in [2.24, 2.45) is 0 Å². The second-order valence-electron chi connectivity index (χ2n) is 7.48. The summed E-state index contributed by atoms with van der Waals surface area (Å²) in [6.45, 7) is 5.85. The largest absolute Gasteiger partial charge is 0.354 e. The van der Waals surface area contributed by atoms with Crippen LogP contribution in [0.15, 0.2) is 54.7 Å². The maximum absolute atomic E-state index is 12.8. The number of rotatable bonds is 8. The number of pyridine rings is 1. The molecule has 150 valence electrons. The molecule has 1 amide bonds. The zero-order valence-corrected chi connectivity index (χ0v) is 17.2.